The van der Waals surface area contributed by atoms with Gasteiger partial charge in [0, 0.05) is 16.1 Å². The summed E-state index contributed by atoms with van der Waals surface area (Å²) < 4.78 is 0. The molecule has 0 saturated heterocycles. The molecule has 0 unspecified atom stereocenters. The van der Waals surface area contributed by atoms with Crippen LogP contribution in [-0.2, 0) is 0 Å². The van der Waals surface area contributed by atoms with Crippen molar-refractivity contribution in [3.8, 4) is 22.4 Å². The van der Waals surface area contributed by atoms with E-state index < -0.39 is 0 Å². The molecule has 1 radical (unpaired) electrons. The van der Waals surface area contributed by atoms with Crippen molar-refractivity contribution in [3.05, 3.63) is 70.1 Å². The second kappa shape index (κ2) is 6.02. The lowest BCUT2D eigenvalue weighted by atomic mass is 10.0. The molecule has 1 heterocycles. The van der Waals surface area contributed by atoms with Gasteiger partial charge in [-0.25, -0.2) is 9.97 Å². The summed E-state index contributed by atoms with van der Waals surface area (Å²) in [7, 11) is 0. The highest BCUT2D eigenvalue weighted by molar-refractivity contribution is 6.43. The monoisotopic (exact) mass is 333 g/mol. The Balaban J connectivity index is 2.21. The third-order valence-corrected chi connectivity index (χ3v) is 4.07. The van der Waals surface area contributed by atoms with Crippen LogP contribution < -0.4 is 0 Å². The summed E-state index contributed by atoms with van der Waals surface area (Å²) in [4.78, 5) is 8.31. The molecule has 2 aromatic carbocycles. The lowest BCUT2D eigenvalue weighted by molar-refractivity contribution is 1.16. The Hall–Kier alpha value is -1.61. The predicted molar refractivity (Wildman–Crippen MR) is 86.8 cm³/mol. The lowest BCUT2D eigenvalue weighted by Gasteiger charge is -2.10. The van der Waals surface area contributed by atoms with Crippen LogP contribution in [0.1, 0.15) is 0 Å². The molecule has 0 amide bonds. The van der Waals surface area contributed by atoms with E-state index in [1.54, 1.807) is 18.2 Å². The minimum atomic E-state index is 0.460. The quantitative estimate of drug-likeness (QED) is 0.612. The Morgan fingerprint density at radius 1 is 0.905 bits per heavy atom. The number of nitrogens with zero attached hydrogens (tertiary/aromatic N) is 2. The van der Waals surface area contributed by atoms with Gasteiger partial charge < -0.3 is 0 Å². The molecule has 3 rings (SSSR count). The molecule has 0 aliphatic heterocycles. The summed E-state index contributed by atoms with van der Waals surface area (Å²) >= 11 is 18.3. The summed E-state index contributed by atoms with van der Waals surface area (Å²) in [6.45, 7) is 0. The largest absolute Gasteiger partial charge is 0.236 e. The van der Waals surface area contributed by atoms with Gasteiger partial charge in [0.1, 0.15) is 12.5 Å². The average Bonchev–Trinajstić information content (AvgIpc) is 2.51. The first-order chi connectivity index (χ1) is 10.2. The standard InChI is InChI=1S/C16H8Cl3N2/c17-11-6-4-10(5-7-11)13-8-20-9-21-16(13)12-2-1-3-14(18)15(12)19/h1-7,9H. The second-order valence-electron chi connectivity index (χ2n) is 4.32. The van der Waals surface area contributed by atoms with Crippen molar-refractivity contribution < 1.29 is 0 Å². The molecular formula is C16H8Cl3N2. The van der Waals surface area contributed by atoms with E-state index in [-0.39, 0.29) is 0 Å². The number of halogens is 3. The molecular weight excluding hydrogens is 327 g/mol. The molecule has 2 nitrogen and oxygen atoms in total. The number of benzene rings is 2. The van der Waals surface area contributed by atoms with Gasteiger partial charge in [0.15, 0.2) is 0 Å². The summed E-state index contributed by atoms with van der Waals surface area (Å²) in [6, 6.07) is 12.8. The summed E-state index contributed by atoms with van der Waals surface area (Å²) in [5, 5.41) is 1.61. The average molecular weight is 335 g/mol. The van der Waals surface area contributed by atoms with E-state index in [4.69, 9.17) is 34.8 Å². The van der Waals surface area contributed by atoms with E-state index in [2.05, 4.69) is 16.2 Å². The van der Waals surface area contributed by atoms with Crippen LogP contribution in [0.2, 0.25) is 15.1 Å². The molecule has 0 fully saturated rings. The molecule has 1 aromatic heterocycles. The van der Waals surface area contributed by atoms with E-state index in [1.165, 1.54) is 6.33 Å². The number of hydrogen-bond acceptors (Lipinski definition) is 2. The summed E-state index contributed by atoms with van der Waals surface area (Å²) in [5.74, 6) is 0. The fraction of sp³-hybridized carbons (Fsp3) is 0. The maximum Gasteiger partial charge on any atom is 0.116 e. The highest BCUT2D eigenvalue weighted by Crippen LogP contribution is 2.37. The van der Waals surface area contributed by atoms with Crippen molar-refractivity contribution in [1.29, 1.82) is 0 Å². The summed E-state index contributed by atoms with van der Waals surface area (Å²) in [6.07, 6.45) is 4.40. The van der Waals surface area contributed by atoms with Crippen LogP contribution in [0.3, 0.4) is 0 Å². The molecule has 0 saturated carbocycles. The maximum absolute atomic E-state index is 6.29. The van der Waals surface area contributed by atoms with Crippen LogP contribution in [-0.4, -0.2) is 9.97 Å². The Morgan fingerprint density at radius 2 is 1.67 bits per heavy atom. The van der Waals surface area contributed by atoms with Crippen LogP contribution in [0.5, 0.6) is 0 Å². The molecule has 103 valence electrons. The van der Waals surface area contributed by atoms with Gasteiger partial charge in [0.25, 0.3) is 0 Å². The second-order valence-corrected chi connectivity index (χ2v) is 5.54. The van der Waals surface area contributed by atoms with Crippen molar-refractivity contribution in [2.75, 3.05) is 0 Å². The molecule has 3 aromatic rings. The molecule has 0 aliphatic carbocycles. The van der Waals surface area contributed by atoms with Crippen LogP contribution in [0, 0.1) is 6.20 Å². The van der Waals surface area contributed by atoms with Crippen molar-refractivity contribution in [2.45, 2.75) is 0 Å². The van der Waals surface area contributed by atoms with Gasteiger partial charge in [-0.15, -0.1) is 0 Å². The van der Waals surface area contributed by atoms with Gasteiger partial charge in [-0.05, 0) is 23.8 Å². The Labute approximate surface area is 137 Å². The zero-order valence-electron chi connectivity index (χ0n) is 10.6. The Morgan fingerprint density at radius 3 is 2.43 bits per heavy atom. The van der Waals surface area contributed by atoms with E-state index in [0.717, 1.165) is 16.7 Å². The number of aromatic nitrogens is 2. The van der Waals surface area contributed by atoms with Crippen molar-refractivity contribution >= 4 is 34.8 Å². The van der Waals surface area contributed by atoms with Crippen LogP contribution in [0.25, 0.3) is 22.4 Å². The zero-order valence-corrected chi connectivity index (χ0v) is 12.9. The molecule has 21 heavy (non-hydrogen) atoms. The minimum absolute atomic E-state index is 0.460. The smallest absolute Gasteiger partial charge is 0.116 e. The number of hydrogen-bond donors (Lipinski definition) is 0. The van der Waals surface area contributed by atoms with Crippen LogP contribution >= 0.6 is 34.8 Å². The van der Waals surface area contributed by atoms with E-state index >= 15 is 0 Å². The maximum atomic E-state index is 6.29. The van der Waals surface area contributed by atoms with E-state index in [0.29, 0.717) is 20.8 Å². The molecule has 0 N–H and O–H groups in total. The van der Waals surface area contributed by atoms with Crippen molar-refractivity contribution in [3.63, 3.8) is 0 Å². The van der Waals surface area contributed by atoms with Crippen molar-refractivity contribution in [2.24, 2.45) is 0 Å². The highest BCUT2D eigenvalue weighted by Gasteiger charge is 2.14. The van der Waals surface area contributed by atoms with Gasteiger partial charge in [0.2, 0.25) is 0 Å². The van der Waals surface area contributed by atoms with Gasteiger partial charge >= 0.3 is 0 Å². The molecule has 0 atom stereocenters. The van der Waals surface area contributed by atoms with Crippen molar-refractivity contribution in [1.82, 2.24) is 9.97 Å². The van der Waals surface area contributed by atoms with Crippen LogP contribution in [0.15, 0.2) is 48.8 Å². The van der Waals surface area contributed by atoms with Crippen LogP contribution in [0.4, 0.5) is 0 Å². The minimum Gasteiger partial charge on any atom is -0.236 e. The van der Waals surface area contributed by atoms with Gasteiger partial charge in [0.05, 0.1) is 15.7 Å². The first-order valence-corrected chi connectivity index (χ1v) is 7.23. The molecule has 5 heteroatoms. The fourth-order valence-corrected chi connectivity index (χ4v) is 2.52. The SMILES string of the molecule is Clc1ccc(-c2[c]ncnc2-c2cccc(Cl)c2Cl)cc1. The lowest BCUT2D eigenvalue weighted by Crippen LogP contribution is -1.92. The van der Waals surface area contributed by atoms with Gasteiger partial charge in [-0.3, -0.25) is 0 Å². The first kappa shape index (κ1) is 14.3. The van der Waals surface area contributed by atoms with E-state index in [9.17, 15) is 0 Å². The van der Waals surface area contributed by atoms with E-state index in [1.807, 2.05) is 24.3 Å². The fourth-order valence-electron chi connectivity index (χ4n) is 2.01. The Kier molecular flexibility index (Phi) is 4.11. The zero-order chi connectivity index (χ0) is 14.8. The summed E-state index contributed by atoms with van der Waals surface area (Å²) in [5.41, 5.74) is 3.08. The third-order valence-electron chi connectivity index (χ3n) is 3.00. The topological polar surface area (TPSA) is 25.8 Å². The number of rotatable bonds is 2. The van der Waals surface area contributed by atoms with Gasteiger partial charge in [-0.1, -0.05) is 59.1 Å². The molecule has 0 spiro atoms. The highest BCUT2D eigenvalue weighted by atomic mass is 35.5. The first-order valence-electron chi connectivity index (χ1n) is 6.10. The normalized spacial score (nSPS) is 10.6. The molecule has 0 bridgehead atoms. The predicted octanol–water partition coefficient (Wildman–Crippen LogP) is 5.57. The Bertz CT molecular complexity index is 786. The molecule has 0 aliphatic rings. The van der Waals surface area contributed by atoms with Gasteiger partial charge in [-0.2, -0.15) is 0 Å². The third kappa shape index (κ3) is 2.88.